The second-order valence-electron chi connectivity index (χ2n) is 6.74. The van der Waals surface area contributed by atoms with Crippen LogP contribution < -0.4 is 21.1 Å². The summed E-state index contributed by atoms with van der Waals surface area (Å²) in [7, 11) is -3.70. The fourth-order valence-electron chi connectivity index (χ4n) is 1.96. The molecule has 0 aliphatic heterocycles. The maximum atomic E-state index is 11.6. The normalized spacial score (nSPS) is 12.0. The van der Waals surface area contributed by atoms with Crippen LogP contribution in [0.3, 0.4) is 0 Å². The molecule has 0 radical (unpaired) electrons. The third-order valence-electron chi connectivity index (χ3n) is 3.10. The van der Waals surface area contributed by atoms with Crippen molar-refractivity contribution in [1.82, 2.24) is 16.0 Å². The maximum Gasteiger partial charge on any atom is 0.407 e. The summed E-state index contributed by atoms with van der Waals surface area (Å²) >= 11 is 0. The van der Waals surface area contributed by atoms with Gasteiger partial charge in [0.1, 0.15) is 5.60 Å². The van der Waals surface area contributed by atoms with Crippen LogP contribution in [0.5, 0.6) is 0 Å². The van der Waals surface area contributed by atoms with E-state index < -0.39 is 21.7 Å². The molecule has 0 fully saturated rings. The number of hydrogen-bond acceptors (Lipinski definition) is 5. The highest BCUT2D eigenvalue weighted by atomic mass is 127. The Bertz CT molecular complexity index is 746. The lowest BCUT2D eigenvalue weighted by atomic mass is 10.2. The van der Waals surface area contributed by atoms with E-state index in [0.29, 0.717) is 32.1 Å². The van der Waals surface area contributed by atoms with Gasteiger partial charge in [0.15, 0.2) is 5.96 Å². The van der Waals surface area contributed by atoms with Crippen molar-refractivity contribution in [2.24, 2.45) is 10.1 Å². The number of nitrogens with one attached hydrogen (secondary N) is 3. The largest absolute Gasteiger partial charge is 0.444 e. The van der Waals surface area contributed by atoms with E-state index in [-0.39, 0.29) is 28.9 Å². The number of amides is 1. The molecule has 0 bridgehead atoms. The predicted molar refractivity (Wildman–Crippen MR) is 120 cm³/mol. The Labute approximate surface area is 184 Å². The Morgan fingerprint density at radius 1 is 1.11 bits per heavy atom. The molecule has 160 valence electrons. The lowest BCUT2D eigenvalue weighted by Gasteiger charge is -2.19. The summed E-state index contributed by atoms with van der Waals surface area (Å²) in [4.78, 5) is 16.1. The van der Waals surface area contributed by atoms with Crippen LogP contribution in [0.15, 0.2) is 34.2 Å². The minimum absolute atomic E-state index is 0. The number of ether oxygens (including phenoxy) is 1. The van der Waals surface area contributed by atoms with E-state index in [9.17, 15) is 13.2 Å². The van der Waals surface area contributed by atoms with Gasteiger partial charge in [0.2, 0.25) is 10.0 Å². The summed E-state index contributed by atoms with van der Waals surface area (Å²) in [6.45, 7) is 9.23. The van der Waals surface area contributed by atoms with Crippen molar-refractivity contribution in [3.8, 4) is 0 Å². The third kappa shape index (κ3) is 11.3. The van der Waals surface area contributed by atoms with Gasteiger partial charge in [-0.1, -0.05) is 12.1 Å². The SMILES string of the molecule is CCNC(=NCc1ccc(S(N)(=O)=O)cc1)NCCNC(=O)OC(C)(C)C.I. The Hall–Kier alpha value is -1.60. The van der Waals surface area contributed by atoms with Gasteiger partial charge in [0.05, 0.1) is 11.4 Å². The van der Waals surface area contributed by atoms with Crippen molar-refractivity contribution in [2.75, 3.05) is 19.6 Å². The molecule has 1 amide bonds. The highest BCUT2D eigenvalue weighted by Crippen LogP contribution is 2.09. The van der Waals surface area contributed by atoms with Crippen LogP contribution in [-0.2, 0) is 21.3 Å². The van der Waals surface area contributed by atoms with Crippen LogP contribution in [0.1, 0.15) is 33.3 Å². The number of nitrogens with zero attached hydrogens (tertiary/aromatic N) is 1. The van der Waals surface area contributed by atoms with Gasteiger partial charge in [-0.3, -0.25) is 0 Å². The molecule has 0 saturated carbocycles. The molecular formula is C17H30IN5O4S. The van der Waals surface area contributed by atoms with Crippen LogP contribution in [0.25, 0.3) is 0 Å². The smallest absolute Gasteiger partial charge is 0.407 e. The first kappa shape index (κ1) is 26.4. The number of aliphatic imine (C=N–C) groups is 1. The number of sulfonamides is 1. The summed E-state index contributed by atoms with van der Waals surface area (Å²) < 4.78 is 27.7. The number of guanidine groups is 1. The standard InChI is InChI=1S/C17H29N5O4S.HI/c1-5-19-15(20-10-11-21-16(23)26-17(2,3)4)22-12-13-6-8-14(9-7-13)27(18,24)25;/h6-9H,5,10-12H2,1-4H3,(H,21,23)(H2,18,24,25)(H2,19,20,22);1H. The zero-order valence-corrected chi connectivity index (χ0v) is 19.8. The maximum absolute atomic E-state index is 11.6. The molecule has 0 aromatic heterocycles. The molecule has 1 aromatic carbocycles. The summed E-state index contributed by atoms with van der Waals surface area (Å²) in [6, 6.07) is 6.23. The van der Waals surface area contributed by atoms with E-state index in [1.165, 1.54) is 12.1 Å². The number of hydrogen-bond donors (Lipinski definition) is 4. The molecule has 5 N–H and O–H groups in total. The molecule has 0 saturated heterocycles. The molecule has 1 rings (SSSR count). The second-order valence-corrected chi connectivity index (χ2v) is 8.30. The quantitative estimate of drug-likeness (QED) is 0.184. The number of nitrogens with two attached hydrogens (primary N) is 1. The number of primary sulfonamides is 1. The molecule has 0 spiro atoms. The second kappa shape index (κ2) is 12.1. The van der Waals surface area contributed by atoms with Gasteiger partial charge < -0.3 is 20.7 Å². The van der Waals surface area contributed by atoms with E-state index in [1.54, 1.807) is 32.9 Å². The Morgan fingerprint density at radius 2 is 1.68 bits per heavy atom. The number of carbonyl (C=O) groups is 1. The van der Waals surface area contributed by atoms with Crippen molar-refractivity contribution < 1.29 is 17.9 Å². The molecule has 1 aromatic rings. The molecule has 0 aliphatic carbocycles. The molecule has 0 aliphatic rings. The van der Waals surface area contributed by atoms with Gasteiger partial charge in [-0.2, -0.15) is 0 Å². The first-order valence-corrected chi connectivity index (χ1v) is 10.2. The Kier molecular flexibility index (Phi) is 11.4. The van der Waals surface area contributed by atoms with Gasteiger partial charge >= 0.3 is 6.09 Å². The molecular weight excluding hydrogens is 497 g/mol. The molecule has 0 atom stereocenters. The van der Waals surface area contributed by atoms with E-state index in [1.807, 2.05) is 6.92 Å². The first-order valence-electron chi connectivity index (χ1n) is 8.62. The van der Waals surface area contributed by atoms with E-state index >= 15 is 0 Å². The van der Waals surface area contributed by atoms with Crippen molar-refractivity contribution in [1.29, 1.82) is 0 Å². The van der Waals surface area contributed by atoms with Gasteiger partial charge in [-0.15, -0.1) is 24.0 Å². The number of rotatable bonds is 7. The van der Waals surface area contributed by atoms with Crippen LogP contribution >= 0.6 is 24.0 Å². The van der Waals surface area contributed by atoms with Crippen molar-refractivity contribution in [3.05, 3.63) is 29.8 Å². The van der Waals surface area contributed by atoms with Crippen LogP contribution in [0.2, 0.25) is 0 Å². The topological polar surface area (TPSA) is 135 Å². The van der Waals surface area contributed by atoms with E-state index in [0.717, 1.165) is 5.56 Å². The number of benzene rings is 1. The number of halogens is 1. The number of carbonyl (C=O) groups excluding carboxylic acids is 1. The molecule has 9 nitrogen and oxygen atoms in total. The summed E-state index contributed by atoms with van der Waals surface area (Å²) in [5.41, 5.74) is 0.304. The minimum atomic E-state index is -3.70. The Balaban J connectivity index is 0.00000729. The number of alkyl carbamates (subject to hydrolysis) is 1. The first-order chi connectivity index (χ1) is 12.5. The lowest BCUT2D eigenvalue weighted by molar-refractivity contribution is 0.0529. The summed E-state index contributed by atoms with van der Waals surface area (Å²) in [6.07, 6.45) is -0.471. The van der Waals surface area contributed by atoms with E-state index in [4.69, 9.17) is 9.88 Å². The van der Waals surface area contributed by atoms with Crippen molar-refractivity contribution in [3.63, 3.8) is 0 Å². The van der Waals surface area contributed by atoms with Gasteiger partial charge in [-0.05, 0) is 45.4 Å². The van der Waals surface area contributed by atoms with Crippen molar-refractivity contribution >= 4 is 46.1 Å². The van der Waals surface area contributed by atoms with Gasteiger partial charge in [-0.25, -0.2) is 23.3 Å². The van der Waals surface area contributed by atoms with Crippen LogP contribution in [0.4, 0.5) is 4.79 Å². The van der Waals surface area contributed by atoms with Gasteiger partial charge in [0, 0.05) is 19.6 Å². The van der Waals surface area contributed by atoms with Gasteiger partial charge in [0.25, 0.3) is 0 Å². The molecule has 11 heteroatoms. The highest BCUT2D eigenvalue weighted by molar-refractivity contribution is 14.0. The molecule has 28 heavy (non-hydrogen) atoms. The van der Waals surface area contributed by atoms with Crippen molar-refractivity contribution in [2.45, 2.75) is 44.7 Å². The zero-order chi connectivity index (χ0) is 20.5. The highest BCUT2D eigenvalue weighted by Gasteiger charge is 2.15. The average Bonchev–Trinajstić information content (AvgIpc) is 2.54. The summed E-state index contributed by atoms with van der Waals surface area (Å²) in [5, 5.41) is 13.9. The van der Waals surface area contributed by atoms with Crippen LogP contribution in [0, 0.1) is 0 Å². The third-order valence-corrected chi connectivity index (χ3v) is 4.03. The predicted octanol–water partition coefficient (Wildman–Crippen LogP) is 1.53. The van der Waals surface area contributed by atoms with Crippen LogP contribution in [-0.4, -0.2) is 45.7 Å². The monoisotopic (exact) mass is 527 g/mol. The minimum Gasteiger partial charge on any atom is -0.444 e. The Morgan fingerprint density at radius 3 is 2.18 bits per heavy atom. The zero-order valence-electron chi connectivity index (χ0n) is 16.6. The fraction of sp³-hybridized carbons (Fsp3) is 0.529. The average molecular weight is 527 g/mol. The fourth-order valence-corrected chi connectivity index (χ4v) is 2.47. The molecule has 0 unspecified atom stereocenters. The summed E-state index contributed by atoms with van der Waals surface area (Å²) in [5.74, 6) is 0.582. The molecule has 0 heterocycles. The lowest BCUT2D eigenvalue weighted by Crippen LogP contribution is -2.42. The van der Waals surface area contributed by atoms with E-state index in [2.05, 4.69) is 20.9 Å².